The molecule has 3 rings (SSSR count). The molecule has 0 bridgehead atoms. The van der Waals surface area contributed by atoms with Crippen LogP contribution in [0, 0.1) is 11.3 Å². The van der Waals surface area contributed by atoms with Crippen LogP contribution in [0.2, 0.25) is 0 Å². The number of halogens is 3. The normalized spacial score (nSPS) is 11.3. The van der Waals surface area contributed by atoms with Gasteiger partial charge in [0.25, 0.3) is 5.56 Å². The maximum Gasteiger partial charge on any atom is 0.419 e. The maximum absolute atomic E-state index is 12.9. The van der Waals surface area contributed by atoms with Crippen molar-refractivity contribution >= 4 is 12.2 Å². The van der Waals surface area contributed by atoms with Crippen LogP contribution in [0.5, 0.6) is 5.75 Å². The van der Waals surface area contributed by atoms with Crippen LogP contribution in [-0.4, -0.2) is 23.3 Å². The number of hydrogen-bond donors (Lipinski definition) is 2. The van der Waals surface area contributed by atoms with Gasteiger partial charge in [0.2, 0.25) is 5.95 Å². The zero-order valence-electron chi connectivity index (χ0n) is 15.5. The number of alkyl halides is 3. The summed E-state index contributed by atoms with van der Waals surface area (Å²) in [7, 11) is 1.14. The quantitative estimate of drug-likeness (QED) is 0.489. The summed E-state index contributed by atoms with van der Waals surface area (Å²) < 4.78 is 43.6. The fourth-order valence-corrected chi connectivity index (χ4v) is 2.63. The van der Waals surface area contributed by atoms with Crippen molar-refractivity contribution in [3.05, 3.63) is 75.6 Å². The Morgan fingerprint density at radius 2 is 1.97 bits per heavy atom. The Morgan fingerprint density at radius 3 is 2.60 bits per heavy atom. The van der Waals surface area contributed by atoms with Crippen LogP contribution in [0.15, 0.2) is 58.4 Å². The van der Waals surface area contributed by atoms with Crippen LogP contribution in [0.4, 0.5) is 19.1 Å². The Labute approximate surface area is 168 Å². The first-order chi connectivity index (χ1) is 14.3. The predicted octanol–water partition coefficient (Wildman–Crippen LogP) is 3.78. The first kappa shape index (κ1) is 20.6. The van der Waals surface area contributed by atoms with Crippen LogP contribution in [0.1, 0.15) is 16.7 Å². The second-order valence-corrected chi connectivity index (χ2v) is 5.94. The van der Waals surface area contributed by atoms with E-state index in [2.05, 4.69) is 20.5 Å². The van der Waals surface area contributed by atoms with Crippen molar-refractivity contribution in [1.82, 2.24) is 9.97 Å². The number of methoxy groups -OCH3 is 1. The average Bonchev–Trinajstić information content (AvgIpc) is 2.73. The number of aromatic nitrogens is 2. The molecule has 0 saturated heterocycles. The molecular weight excluding hydrogens is 399 g/mol. The molecule has 0 unspecified atom stereocenters. The third kappa shape index (κ3) is 4.47. The standard InChI is InChI=1S/C20H14F3N5O2/c1-30-16-9-12(7-8-15(16)20(21,22)23)11-25-28-19-26-17(13-5-3-2-4-6-13)14(10-24)18(29)27-19/h2-9,11H,1H3,(H2,26,27,28,29). The van der Waals surface area contributed by atoms with Crippen molar-refractivity contribution in [2.75, 3.05) is 12.5 Å². The second-order valence-electron chi connectivity index (χ2n) is 5.94. The number of ether oxygens (including phenoxy) is 1. The van der Waals surface area contributed by atoms with Gasteiger partial charge in [-0.3, -0.25) is 9.78 Å². The molecule has 0 amide bonds. The number of rotatable bonds is 5. The maximum atomic E-state index is 12.9. The van der Waals surface area contributed by atoms with E-state index in [4.69, 9.17) is 4.74 Å². The number of benzene rings is 2. The lowest BCUT2D eigenvalue weighted by Gasteiger charge is -2.12. The van der Waals surface area contributed by atoms with Crippen molar-refractivity contribution in [1.29, 1.82) is 5.26 Å². The second kappa shape index (κ2) is 8.48. The van der Waals surface area contributed by atoms with E-state index in [9.17, 15) is 23.2 Å². The minimum atomic E-state index is -4.54. The van der Waals surface area contributed by atoms with Crippen molar-refractivity contribution < 1.29 is 17.9 Å². The summed E-state index contributed by atoms with van der Waals surface area (Å²) >= 11 is 0. The van der Waals surface area contributed by atoms with Gasteiger partial charge < -0.3 is 4.74 Å². The summed E-state index contributed by atoms with van der Waals surface area (Å²) in [6.07, 6.45) is -3.30. The molecule has 10 heteroatoms. The Bertz CT molecular complexity index is 1180. The number of aromatic amines is 1. The van der Waals surface area contributed by atoms with Crippen LogP contribution >= 0.6 is 0 Å². The molecule has 2 N–H and O–H groups in total. The van der Waals surface area contributed by atoms with Gasteiger partial charge in [0.1, 0.15) is 17.4 Å². The molecule has 0 aliphatic rings. The molecule has 152 valence electrons. The molecule has 1 heterocycles. The molecule has 0 atom stereocenters. The lowest BCUT2D eigenvalue weighted by molar-refractivity contribution is -0.138. The zero-order chi connectivity index (χ0) is 21.7. The summed E-state index contributed by atoms with van der Waals surface area (Å²) in [6, 6.07) is 13.8. The number of hydrazone groups is 1. The molecule has 0 fully saturated rings. The number of H-pyrrole nitrogens is 1. The first-order valence-electron chi connectivity index (χ1n) is 8.47. The summed E-state index contributed by atoms with van der Waals surface area (Å²) in [5, 5.41) is 13.1. The third-order valence-corrected chi connectivity index (χ3v) is 3.99. The number of nitrogens with zero attached hydrogens (tertiary/aromatic N) is 3. The first-order valence-corrected chi connectivity index (χ1v) is 8.47. The van der Waals surface area contributed by atoms with Gasteiger partial charge in [-0.25, -0.2) is 10.4 Å². The van der Waals surface area contributed by atoms with Crippen LogP contribution in [0.25, 0.3) is 11.3 Å². The molecule has 0 radical (unpaired) electrons. The van der Waals surface area contributed by atoms with Crippen LogP contribution in [0.3, 0.4) is 0 Å². The fraction of sp³-hybridized carbons (Fsp3) is 0.100. The molecule has 0 aliphatic heterocycles. The molecule has 0 saturated carbocycles. The Hall–Kier alpha value is -4.13. The summed E-state index contributed by atoms with van der Waals surface area (Å²) in [6.45, 7) is 0. The van der Waals surface area contributed by atoms with E-state index < -0.39 is 17.3 Å². The van der Waals surface area contributed by atoms with Gasteiger partial charge in [-0.05, 0) is 17.7 Å². The van der Waals surface area contributed by atoms with Crippen LogP contribution < -0.4 is 15.7 Å². The number of hydrogen-bond acceptors (Lipinski definition) is 6. The Morgan fingerprint density at radius 1 is 1.23 bits per heavy atom. The SMILES string of the molecule is COc1cc(C=NNc2nc(-c3ccccc3)c(C#N)c(=O)[nH]2)ccc1C(F)(F)F. The Balaban J connectivity index is 1.88. The van der Waals surface area contributed by atoms with Crippen molar-refractivity contribution in [3.63, 3.8) is 0 Å². The zero-order valence-corrected chi connectivity index (χ0v) is 15.5. The van der Waals surface area contributed by atoms with Crippen LogP contribution in [-0.2, 0) is 6.18 Å². The molecule has 3 aromatic rings. The van der Waals surface area contributed by atoms with E-state index in [0.29, 0.717) is 11.1 Å². The molecule has 0 spiro atoms. The minimum absolute atomic E-state index is 0.0343. The highest BCUT2D eigenvalue weighted by molar-refractivity contribution is 5.81. The highest BCUT2D eigenvalue weighted by atomic mass is 19.4. The van der Waals surface area contributed by atoms with E-state index >= 15 is 0 Å². The van der Waals surface area contributed by atoms with Crippen molar-refractivity contribution in [2.24, 2.45) is 5.10 Å². The fourth-order valence-electron chi connectivity index (χ4n) is 2.63. The third-order valence-electron chi connectivity index (χ3n) is 3.99. The summed E-state index contributed by atoms with van der Waals surface area (Å²) in [4.78, 5) is 18.8. The number of nitriles is 1. The van der Waals surface area contributed by atoms with Crippen molar-refractivity contribution in [3.8, 4) is 23.1 Å². The van der Waals surface area contributed by atoms with E-state index in [0.717, 1.165) is 13.2 Å². The van der Waals surface area contributed by atoms with E-state index in [-0.39, 0.29) is 23.0 Å². The Kier molecular flexibility index (Phi) is 5.83. The predicted molar refractivity (Wildman–Crippen MR) is 104 cm³/mol. The minimum Gasteiger partial charge on any atom is -0.496 e. The molecular formula is C20H14F3N5O2. The van der Waals surface area contributed by atoms with Gasteiger partial charge in [-0.15, -0.1) is 0 Å². The van der Waals surface area contributed by atoms with Gasteiger partial charge in [0.15, 0.2) is 0 Å². The highest BCUT2D eigenvalue weighted by Crippen LogP contribution is 2.36. The van der Waals surface area contributed by atoms with Crippen molar-refractivity contribution in [2.45, 2.75) is 6.18 Å². The average molecular weight is 413 g/mol. The lowest BCUT2D eigenvalue weighted by atomic mass is 10.1. The number of anilines is 1. The monoisotopic (exact) mass is 413 g/mol. The molecule has 2 aromatic carbocycles. The van der Waals surface area contributed by atoms with Gasteiger partial charge in [-0.1, -0.05) is 36.4 Å². The van der Waals surface area contributed by atoms with Gasteiger partial charge >= 0.3 is 6.18 Å². The molecule has 0 aliphatic carbocycles. The molecule has 7 nitrogen and oxygen atoms in total. The van der Waals surface area contributed by atoms with E-state index in [1.807, 2.05) is 6.07 Å². The smallest absolute Gasteiger partial charge is 0.419 e. The summed E-state index contributed by atoms with van der Waals surface area (Å²) in [5.74, 6) is -0.379. The largest absolute Gasteiger partial charge is 0.496 e. The molecule has 1 aromatic heterocycles. The highest BCUT2D eigenvalue weighted by Gasteiger charge is 2.34. The van der Waals surface area contributed by atoms with Gasteiger partial charge in [0, 0.05) is 5.56 Å². The number of nitrogens with one attached hydrogen (secondary N) is 2. The van der Waals surface area contributed by atoms with E-state index in [1.54, 1.807) is 30.3 Å². The topological polar surface area (TPSA) is 103 Å². The molecule has 30 heavy (non-hydrogen) atoms. The van der Waals surface area contributed by atoms with Gasteiger partial charge in [-0.2, -0.15) is 23.5 Å². The lowest BCUT2D eigenvalue weighted by Crippen LogP contribution is -2.16. The van der Waals surface area contributed by atoms with E-state index in [1.165, 1.54) is 18.3 Å². The van der Waals surface area contributed by atoms with Gasteiger partial charge in [0.05, 0.1) is 24.6 Å². The summed E-state index contributed by atoms with van der Waals surface area (Å²) in [5.41, 5.74) is 1.87.